The SMILES string of the molecule is CCNc1cccc(C(=O)NCc2cccc(C)c2)n1. The predicted molar refractivity (Wildman–Crippen MR) is 80.7 cm³/mol. The minimum absolute atomic E-state index is 0.161. The molecule has 0 aliphatic heterocycles. The summed E-state index contributed by atoms with van der Waals surface area (Å²) < 4.78 is 0. The fraction of sp³-hybridized carbons (Fsp3) is 0.250. The van der Waals surface area contributed by atoms with E-state index in [1.54, 1.807) is 6.07 Å². The van der Waals surface area contributed by atoms with Crippen LogP contribution in [0.4, 0.5) is 5.82 Å². The van der Waals surface area contributed by atoms with Crippen molar-refractivity contribution >= 4 is 11.7 Å². The highest BCUT2D eigenvalue weighted by molar-refractivity contribution is 5.92. The normalized spacial score (nSPS) is 10.1. The molecule has 0 fully saturated rings. The number of nitrogens with one attached hydrogen (secondary N) is 2. The number of pyridine rings is 1. The molecular formula is C16H19N3O. The van der Waals surface area contributed by atoms with Gasteiger partial charge in [-0.25, -0.2) is 4.98 Å². The molecule has 20 heavy (non-hydrogen) atoms. The molecule has 0 unspecified atom stereocenters. The lowest BCUT2D eigenvalue weighted by Gasteiger charge is -2.07. The fourth-order valence-corrected chi connectivity index (χ4v) is 1.94. The van der Waals surface area contributed by atoms with Gasteiger partial charge in [0.15, 0.2) is 0 Å². The number of rotatable bonds is 5. The second-order valence-electron chi connectivity index (χ2n) is 4.61. The van der Waals surface area contributed by atoms with Gasteiger partial charge >= 0.3 is 0 Å². The standard InChI is InChI=1S/C16H19N3O/c1-3-17-15-9-5-8-14(19-15)16(20)18-11-13-7-4-6-12(2)10-13/h4-10H,3,11H2,1-2H3,(H,17,19)(H,18,20). The van der Waals surface area contributed by atoms with Gasteiger partial charge in [0.1, 0.15) is 11.5 Å². The number of anilines is 1. The second kappa shape index (κ2) is 6.70. The first-order valence-electron chi connectivity index (χ1n) is 6.73. The van der Waals surface area contributed by atoms with Crippen molar-refractivity contribution in [1.82, 2.24) is 10.3 Å². The van der Waals surface area contributed by atoms with E-state index in [0.717, 1.165) is 17.9 Å². The molecule has 1 heterocycles. The van der Waals surface area contributed by atoms with E-state index in [0.29, 0.717) is 12.2 Å². The van der Waals surface area contributed by atoms with Gasteiger partial charge < -0.3 is 10.6 Å². The van der Waals surface area contributed by atoms with Gasteiger partial charge in [-0.05, 0) is 31.5 Å². The summed E-state index contributed by atoms with van der Waals surface area (Å²) in [6.45, 7) is 5.31. The van der Waals surface area contributed by atoms with Gasteiger partial charge in [-0.3, -0.25) is 4.79 Å². The zero-order chi connectivity index (χ0) is 14.4. The van der Waals surface area contributed by atoms with Gasteiger partial charge in [0, 0.05) is 13.1 Å². The van der Waals surface area contributed by atoms with Crippen LogP contribution in [-0.4, -0.2) is 17.4 Å². The van der Waals surface area contributed by atoms with Crippen molar-refractivity contribution in [3.8, 4) is 0 Å². The monoisotopic (exact) mass is 269 g/mol. The minimum atomic E-state index is -0.161. The van der Waals surface area contributed by atoms with Gasteiger partial charge in [0.2, 0.25) is 0 Å². The van der Waals surface area contributed by atoms with Gasteiger partial charge in [-0.1, -0.05) is 35.9 Å². The molecule has 0 saturated carbocycles. The molecule has 1 aromatic carbocycles. The van der Waals surface area contributed by atoms with Crippen molar-refractivity contribution in [2.24, 2.45) is 0 Å². The summed E-state index contributed by atoms with van der Waals surface area (Å²) in [6, 6.07) is 13.5. The number of aromatic nitrogens is 1. The zero-order valence-corrected chi connectivity index (χ0v) is 11.8. The number of aryl methyl sites for hydroxylation is 1. The molecule has 0 saturated heterocycles. The first-order chi connectivity index (χ1) is 9.69. The lowest BCUT2D eigenvalue weighted by molar-refractivity contribution is 0.0946. The summed E-state index contributed by atoms with van der Waals surface area (Å²) in [6.07, 6.45) is 0. The largest absolute Gasteiger partial charge is 0.370 e. The zero-order valence-electron chi connectivity index (χ0n) is 11.8. The van der Waals surface area contributed by atoms with Crippen LogP contribution in [0.3, 0.4) is 0 Å². The number of amides is 1. The number of benzene rings is 1. The topological polar surface area (TPSA) is 54.0 Å². The van der Waals surface area contributed by atoms with Crippen molar-refractivity contribution < 1.29 is 4.79 Å². The molecular weight excluding hydrogens is 250 g/mol. The fourth-order valence-electron chi connectivity index (χ4n) is 1.94. The van der Waals surface area contributed by atoms with Crippen molar-refractivity contribution in [2.75, 3.05) is 11.9 Å². The molecule has 0 atom stereocenters. The highest BCUT2D eigenvalue weighted by Crippen LogP contribution is 2.06. The average molecular weight is 269 g/mol. The van der Waals surface area contributed by atoms with E-state index in [1.807, 2.05) is 44.2 Å². The number of hydrogen-bond donors (Lipinski definition) is 2. The summed E-state index contributed by atoms with van der Waals surface area (Å²) in [4.78, 5) is 16.3. The third kappa shape index (κ3) is 3.82. The third-order valence-corrected chi connectivity index (χ3v) is 2.88. The van der Waals surface area contributed by atoms with Gasteiger partial charge in [-0.15, -0.1) is 0 Å². The molecule has 1 aromatic heterocycles. The molecule has 0 aliphatic rings. The number of carbonyl (C=O) groups excluding carboxylic acids is 1. The molecule has 4 nitrogen and oxygen atoms in total. The third-order valence-electron chi connectivity index (χ3n) is 2.88. The van der Waals surface area contributed by atoms with Crippen LogP contribution in [0.2, 0.25) is 0 Å². The van der Waals surface area contributed by atoms with E-state index in [2.05, 4.69) is 21.7 Å². The molecule has 2 rings (SSSR count). The average Bonchev–Trinajstić information content (AvgIpc) is 2.45. The lowest BCUT2D eigenvalue weighted by atomic mass is 10.1. The first kappa shape index (κ1) is 14.1. The van der Waals surface area contributed by atoms with E-state index in [9.17, 15) is 4.79 Å². The van der Waals surface area contributed by atoms with Crippen molar-refractivity contribution in [3.05, 3.63) is 59.3 Å². The Balaban J connectivity index is 1.99. The van der Waals surface area contributed by atoms with Crippen molar-refractivity contribution in [1.29, 1.82) is 0 Å². The Morgan fingerprint density at radius 2 is 2.00 bits per heavy atom. The molecule has 104 valence electrons. The number of carbonyl (C=O) groups is 1. The maximum Gasteiger partial charge on any atom is 0.270 e. The van der Waals surface area contributed by atoms with Gasteiger partial charge in [0.25, 0.3) is 5.91 Å². The van der Waals surface area contributed by atoms with Crippen LogP contribution < -0.4 is 10.6 Å². The van der Waals surface area contributed by atoms with Crippen molar-refractivity contribution in [2.45, 2.75) is 20.4 Å². The molecule has 0 aliphatic carbocycles. The Morgan fingerprint density at radius 3 is 2.75 bits per heavy atom. The van der Waals surface area contributed by atoms with Crippen LogP contribution in [0.15, 0.2) is 42.5 Å². The van der Waals surface area contributed by atoms with E-state index >= 15 is 0 Å². The van der Waals surface area contributed by atoms with Gasteiger partial charge in [-0.2, -0.15) is 0 Å². The number of nitrogens with zero attached hydrogens (tertiary/aromatic N) is 1. The number of hydrogen-bond acceptors (Lipinski definition) is 3. The molecule has 0 bridgehead atoms. The van der Waals surface area contributed by atoms with Crippen LogP contribution in [0.1, 0.15) is 28.5 Å². The Hall–Kier alpha value is -2.36. The Labute approximate surface area is 119 Å². The van der Waals surface area contributed by atoms with Crippen LogP contribution in [-0.2, 0) is 6.54 Å². The lowest BCUT2D eigenvalue weighted by Crippen LogP contribution is -2.24. The van der Waals surface area contributed by atoms with E-state index < -0.39 is 0 Å². The quantitative estimate of drug-likeness (QED) is 0.877. The molecule has 0 radical (unpaired) electrons. The molecule has 4 heteroatoms. The smallest absolute Gasteiger partial charge is 0.270 e. The van der Waals surface area contributed by atoms with Crippen LogP contribution >= 0.6 is 0 Å². The Morgan fingerprint density at radius 1 is 1.20 bits per heavy atom. The van der Waals surface area contributed by atoms with E-state index in [-0.39, 0.29) is 5.91 Å². The van der Waals surface area contributed by atoms with Crippen LogP contribution in [0.25, 0.3) is 0 Å². The molecule has 1 amide bonds. The maximum atomic E-state index is 12.1. The Bertz CT molecular complexity index is 596. The summed E-state index contributed by atoms with van der Waals surface area (Å²) in [5.41, 5.74) is 2.70. The summed E-state index contributed by atoms with van der Waals surface area (Å²) in [7, 11) is 0. The Kier molecular flexibility index (Phi) is 4.71. The highest BCUT2D eigenvalue weighted by Gasteiger charge is 2.07. The van der Waals surface area contributed by atoms with Gasteiger partial charge in [0.05, 0.1) is 0 Å². The summed E-state index contributed by atoms with van der Waals surface area (Å²) >= 11 is 0. The second-order valence-corrected chi connectivity index (χ2v) is 4.61. The molecule has 2 N–H and O–H groups in total. The summed E-state index contributed by atoms with van der Waals surface area (Å²) in [5.74, 6) is 0.557. The van der Waals surface area contributed by atoms with E-state index in [4.69, 9.17) is 0 Å². The van der Waals surface area contributed by atoms with Crippen LogP contribution in [0.5, 0.6) is 0 Å². The van der Waals surface area contributed by atoms with Crippen molar-refractivity contribution in [3.63, 3.8) is 0 Å². The van der Waals surface area contributed by atoms with E-state index in [1.165, 1.54) is 5.56 Å². The minimum Gasteiger partial charge on any atom is -0.370 e. The highest BCUT2D eigenvalue weighted by atomic mass is 16.1. The summed E-state index contributed by atoms with van der Waals surface area (Å²) in [5, 5.41) is 5.98. The predicted octanol–water partition coefficient (Wildman–Crippen LogP) is 2.75. The maximum absolute atomic E-state index is 12.1. The first-order valence-corrected chi connectivity index (χ1v) is 6.73. The van der Waals surface area contributed by atoms with Crippen LogP contribution in [0, 0.1) is 6.92 Å². The molecule has 0 spiro atoms. The molecule has 2 aromatic rings.